The molecule has 2 aliphatic heterocycles. The van der Waals surface area contributed by atoms with Gasteiger partial charge in [0, 0.05) is 32.8 Å². The number of hydrogen-bond acceptors (Lipinski definition) is 5. The third kappa shape index (κ3) is 5.63. The van der Waals surface area contributed by atoms with Crippen LogP contribution in [0.4, 0.5) is 4.39 Å². The Hall–Kier alpha value is -1.85. The molecule has 7 nitrogen and oxygen atoms in total. The van der Waals surface area contributed by atoms with Crippen LogP contribution in [0.1, 0.15) is 37.7 Å². The Kier molecular flexibility index (Phi) is 7.49. The van der Waals surface area contributed by atoms with Crippen LogP contribution in [0.25, 0.3) is 0 Å². The summed E-state index contributed by atoms with van der Waals surface area (Å²) in [7, 11) is -7.58. The van der Waals surface area contributed by atoms with E-state index in [2.05, 4.69) is 0 Å². The molecule has 180 valence electrons. The lowest BCUT2D eigenvalue weighted by Gasteiger charge is -2.26. The first kappa shape index (κ1) is 24.3. The molecule has 0 bridgehead atoms. The average Bonchev–Trinajstić information content (AvgIpc) is 3.34. The van der Waals surface area contributed by atoms with E-state index in [1.165, 1.54) is 45.0 Å². The lowest BCUT2D eigenvalue weighted by Crippen LogP contribution is -2.37. The standard InChI is InChI=1S/C23H29FN2O5S2/c24-20-8-6-19(7-9-20)17-26(18-21-5-4-16-31-21)33(29,30)23-12-10-22(11-13-23)32(27,28)25-14-2-1-3-15-25/h6-13,21H,1-5,14-18H2/t21-/m0/s1. The van der Waals surface area contributed by atoms with E-state index in [4.69, 9.17) is 4.74 Å². The molecule has 10 heteroatoms. The third-order valence-electron chi connectivity index (χ3n) is 6.12. The lowest BCUT2D eigenvalue weighted by atomic mass is 10.2. The van der Waals surface area contributed by atoms with E-state index in [-0.39, 0.29) is 29.0 Å². The van der Waals surface area contributed by atoms with E-state index >= 15 is 0 Å². The highest BCUT2D eigenvalue weighted by molar-refractivity contribution is 7.89. The SMILES string of the molecule is O=S(=O)(c1ccc(S(=O)(=O)N(Cc2ccc(F)cc2)C[C@@H]2CCCO2)cc1)N1CCCCC1. The van der Waals surface area contributed by atoms with Gasteiger partial charge < -0.3 is 4.74 Å². The molecule has 2 fully saturated rings. The predicted octanol–water partition coefficient (Wildman–Crippen LogP) is 3.37. The van der Waals surface area contributed by atoms with Crippen LogP contribution < -0.4 is 0 Å². The molecule has 0 N–H and O–H groups in total. The molecule has 2 saturated heterocycles. The molecule has 2 heterocycles. The van der Waals surface area contributed by atoms with Gasteiger partial charge in [0.15, 0.2) is 0 Å². The first-order valence-electron chi connectivity index (χ1n) is 11.2. The first-order chi connectivity index (χ1) is 15.8. The van der Waals surface area contributed by atoms with Gasteiger partial charge in [-0.2, -0.15) is 8.61 Å². The Morgan fingerprint density at radius 3 is 2.12 bits per heavy atom. The molecule has 33 heavy (non-hydrogen) atoms. The van der Waals surface area contributed by atoms with Gasteiger partial charge in [-0.1, -0.05) is 18.6 Å². The van der Waals surface area contributed by atoms with Crippen LogP contribution in [-0.2, 0) is 31.3 Å². The Bertz CT molecular complexity index is 1140. The molecule has 0 aromatic heterocycles. The normalized spacial score (nSPS) is 20.4. The summed E-state index contributed by atoms with van der Waals surface area (Å²) in [4.78, 5) is 0.104. The predicted molar refractivity (Wildman–Crippen MR) is 122 cm³/mol. The molecule has 2 aromatic rings. The van der Waals surface area contributed by atoms with E-state index < -0.39 is 25.9 Å². The van der Waals surface area contributed by atoms with E-state index in [1.807, 2.05) is 0 Å². The summed E-state index contributed by atoms with van der Waals surface area (Å²) < 4.78 is 74.5. The van der Waals surface area contributed by atoms with Crippen LogP contribution in [0, 0.1) is 5.82 Å². The zero-order valence-electron chi connectivity index (χ0n) is 18.4. The minimum atomic E-state index is -3.93. The fraction of sp³-hybridized carbons (Fsp3) is 0.478. The van der Waals surface area contributed by atoms with E-state index in [9.17, 15) is 21.2 Å². The molecule has 0 spiro atoms. The van der Waals surface area contributed by atoms with Crippen LogP contribution in [0.2, 0.25) is 0 Å². The molecule has 1 atom stereocenters. The molecule has 0 radical (unpaired) electrons. The highest BCUT2D eigenvalue weighted by atomic mass is 32.2. The van der Waals surface area contributed by atoms with Crippen molar-refractivity contribution in [2.75, 3.05) is 26.2 Å². The molecule has 4 rings (SSSR count). The van der Waals surface area contributed by atoms with Gasteiger partial charge in [-0.3, -0.25) is 0 Å². The molecular formula is C23H29FN2O5S2. The molecule has 2 aromatic carbocycles. The van der Waals surface area contributed by atoms with Crippen molar-refractivity contribution < 1.29 is 26.0 Å². The van der Waals surface area contributed by atoms with Gasteiger partial charge in [-0.05, 0) is 67.6 Å². The summed E-state index contributed by atoms with van der Waals surface area (Å²) >= 11 is 0. The van der Waals surface area contributed by atoms with Crippen molar-refractivity contribution in [3.8, 4) is 0 Å². The van der Waals surface area contributed by atoms with Crippen LogP contribution >= 0.6 is 0 Å². The topological polar surface area (TPSA) is 84.0 Å². The van der Waals surface area contributed by atoms with Crippen LogP contribution in [-0.4, -0.2) is 57.8 Å². The second-order valence-electron chi connectivity index (χ2n) is 8.50. The highest BCUT2D eigenvalue weighted by Gasteiger charge is 2.31. The van der Waals surface area contributed by atoms with E-state index in [1.54, 1.807) is 12.1 Å². The summed E-state index contributed by atoms with van der Waals surface area (Å²) in [6.45, 7) is 1.80. The van der Waals surface area contributed by atoms with Crippen molar-refractivity contribution >= 4 is 20.0 Å². The molecule has 0 aliphatic carbocycles. The van der Waals surface area contributed by atoms with Crippen molar-refractivity contribution in [3.05, 3.63) is 59.9 Å². The van der Waals surface area contributed by atoms with Crippen molar-refractivity contribution in [1.29, 1.82) is 0 Å². The van der Waals surface area contributed by atoms with Gasteiger partial charge in [-0.15, -0.1) is 0 Å². The number of nitrogens with zero attached hydrogens (tertiary/aromatic N) is 2. The first-order valence-corrected chi connectivity index (χ1v) is 14.1. The Labute approximate surface area is 195 Å². The Balaban J connectivity index is 1.58. The number of hydrogen-bond donors (Lipinski definition) is 0. The van der Waals surface area contributed by atoms with Crippen molar-refractivity contribution in [3.63, 3.8) is 0 Å². The number of halogens is 1. The molecule has 2 aliphatic rings. The Morgan fingerprint density at radius 1 is 0.879 bits per heavy atom. The van der Waals surface area contributed by atoms with Crippen molar-refractivity contribution in [2.45, 2.75) is 54.5 Å². The summed E-state index contributed by atoms with van der Waals surface area (Å²) in [5.74, 6) is -0.391. The quantitative estimate of drug-likeness (QED) is 0.560. The number of benzene rings is 2. The maximum atomic E-state index is 13.5. The molecule has 0 unspecified atom stereocenters. The van der Waals surface area contributed by atoms with Crippen LogP contribution in [0.15, 0.2) is 58.3 Å². The number of ether oxygens (including phenoxy) is 1. The van der Waals surface area contributed by atoms with Gasteiger partial charge in [0.25, 0.3) is 0 Å². The maximum Gasteiger partial charge on any atom is 0.243 e. The zero-order valence-corrected chi connectivity index (χ0v) is 20.0. The fourth-order valence-corrected chi connectivity index (χ4v) is 7.22. The summed E-state index contributed by atoms with van der Waals surface area (Å²) in [5, 5.41) is 0. The molecular weight excluding hydrogens is 467 g/mol. The van der Waals surface area contributed by atoms with Gasteiger partial charge in [0.2, 0.25) is 20.0 Å². The van der Waals surface area contributed by atoms with Gasteiger partial charge in [0.1, 0.15) is 5.82 Å². The summed E-state index contributed by atoms with van der Waals surface area (Å²) in [6, 6.07) is 11.1. The third-order valence-corrected chi connectivity index (χ3v) is 9.86. The van der Waals surface area contributed by atoms with Gasteiger partial charge in [-0.25, -0.2) is 21.2 Å². The zero-order chi connectivity index (χ0) is 23.5. The second-order valence-corrected chi connectivity index (χ2v) is 12.4. The summed E-state index contributed by atoms with van der Waals surface area (Å²) in [6.07, 6.45) is 4.10. The summed E-state index contributed by atoms with van der Waals surface area (Å²) in [5.41, 5.74) is 0.655. The monoisotopic (exact) mass is 496 g/mol. The van der Waals surface area contributed by atoms with Gasteiger partial charge in [0.05, 0.1) is 15.9 Å². The van der Waals surface area contributed by atoms with Gasteiger partial charge >= 0.3 is 0 Å². The fourth-order valence-electron chi connectivity index (χ4n) is 4.24. The van der Waals surface area contributed by atoms with Crippen molar-refractivity contribution in [2.24, 2.45) is 0 Å². The second kappa shape index (κ2) is 10.2. The number of piperidine rings is 1. The van der Waals surface area contributed by atoms with Crippen LogP contribution in [0.3, 0.4) is 0 Å². The lowest BCUT2D eigenvalue weighted by molar-refractivity contribution is 0.0926. The largest absolute Gasteiger partial charge is 0.377 e. The minimum absolute atomic E-state index is 0.0141. The van der Waals surface area contributed by atoms with E-state index in [0.717, 1.165) is 32.1 Å². The number of sulfonamides is 2. The smallest absolute Gasteiger partial charge is 0.243 e. The average molecular weight is 497 g/mol. The molecule has 0 saturated carbocycles. The number of rotatable bonds is 8. The van der Waals surface area contributed by atoms with E-state index in [0.29, 0.717) is 25.3 Å². The highest BCUT2D eigenvalue weighted by Crippen LogP contribution is 2.25. The minimum Gasteiger partial charge on any atom is -0.377 e. The maximum absolute atomic E-state index is 13.5. The molecule has 0 amide bonds. The Morgan fingerprint density at radius 2 is 1.52 bits per heavy atom. The van der Waals surface area contributed by atoms with Crippen molar-refractivity contribution in [1.82, 2.24) is 8.61 Å². The van der Waals surface area contributed by atoms with Crippen LogP contribution in [0.5, 0.6) is 0 Å².